The number of carboxylic acids is 1. The number of amides is 2. The standard InChI is InChI=1S/C26H30N2O7/c1-3-16(14-23(29)28-22(25(31)32)12-13-24(30)34-2)27-26(33)35-15-21-19-10-6-4-8-17(19)18-9-5-7-11-20(18)21/h4-11,16,21-22H,3,12-15H2,1-2H3,(H,27,33)(H,28,29)(H,31,32)/t16-,22?/m0/s1. The van der Waals surface area contributed by atoms with Crippen molar-refractivity contribution in [2.24, 2.45) is 0 Å². The van der Waals surface area contributed by atoms with Gasteiger partial charge in [0.15, 0.2) is 0 Å². The number of benzene rings is 2. The quantitative estimate of drug-likeness (QED) is 0.419. The first-order valence-electron chi connectivity index (χ1n) is 11.5. The monoisotopic (exact) mass is 482 g/mol. The van der Waals surface area contributed by atoms with Gasteiger partial charge in [-0.15, -0.1) is 0 Å². The van der Waals surface area contributed by atoms with Crippen molar-refractivity contribution in [2.75, 3.05) is 13.7 Å². The van der Waals surface area contributed by atoms with E-state index in [0.717, 1.165) is 22.3 Å². The first kappa shape index (κ1) is 25.7. The molecule has 3 N–H and O–H groups in total. The van der Waals surface area contributed by atoms with Crippen molar-refractivity contribution in [2.45, 2.75) is 50.6 Å². The Morgan fingerprint density at radius 2 is 1.57 bits per heavy atom. The van der Waals surface area contributed by atoms with Gasteiger partial charge in [-0.1, -0.05) is 55.5 Å². The van der Waals surface area contributed by atoms with E-state index in [4.69, 9.17) is 4.74 Å². The predicted molar refractivity (Wildman–Crippen MR) is 128 cm³/mol. The van der Waals surface area contributed by atoms with Crippen LogP contribution in [0.4, 0.5) is 4.79 Å². The molecule has 2 atom stereocenters. The molecular weight excluding hydrogens is 452 g/mol. The van der Waals surface area contributed by atoms with Crippen molar-refractivity contribution in [3.63, 3.8) is 0 Å². The summed E-state index contributed by atoms with van der Waals surface area (Å²) in [7, 11) is 1.21. The number of methoxy groups -OCH3 is 1. The first-order valence-corrected chi connectivity index (χ1v) is 11.5. The lowest BCUT2D eigenvalue weighted by atomic mass is 9.98. The highest BCUT2D eigenvalue weighted by molar-refractivity contribution is 5.84. The molecule has 186 valence electrons. The molecule has 0 saturated heterocycles. The summed E-state index contributed by atoms with van der Waals surface area (Å²) in [5.41, 5.74) is 4.44. The highest BCUT2D eigenvalue weighted by Crippen LogP contribution is 2.44. The number of ether oxygens (including phenoxy) is 2. The van der Waals surface area contributed by atoms with E-state index >= 15 is 0 Å². The van der Waals surface area contributed by atoms with Crippen LogP contribution >= 0.6 is 0 Å². The molecule has 1 aliphatic carbocycles. The number of hydrogen-bond acceptors (Lipinski definition) is 6. The second-order valence-electron chi connectivity index (χ2n) is 8.35. The molecule has 2 amide bonds. The van der Waals surface area contributed by atoms with Crippen LogP contribution in [0.15, 0.2) is 48.5 Å². The Morgan fingerprint density at radius 3 is 2.11 bits per heavy atom. The summed E-state index contributed by atoms with van der Waals surface area (Å²) < 4.78 is 10.0. The molecule has 0 fully saturated rings. The van der Waals surface area contributed by atoms with Crippen molar-refractivity contribution in [1.29, 1.82) is 0 Å². The second-order valence-corrected chi connectivity index (χ2v) is 8.35. The van der Waals surface area contributed by atoms with Crippen LogP contribution in [0.5, 0.6) is 0 Å². The van der Waals surface area contributed by atoms with Gasteiger partial charge in [-0.3, -0.25) is 9.59 Å². The SMILES string of the molecule is CC[C@@H](CC(=O)NC(CCC(=O)OC)C(=O)O)NC(=O)OCC1c2ccccc2-c2ccccc21. The van der Waals surface area contributed by atoms with Crippen LogP contribution in [0.25, 0.3) is 11.1 Å². The molecular formula is C26H30N2O7. The highest BCUT2D eigenvalue weighted by Gasteiger charge is 2.29. The van der Waals surface area contributed by atoms with Gasteiger partial charge in [0.2, 0.25) is 5.91 Å². The average molecular weight is 483 g/mol. The van der Waals surface area contributed by atoms with Gasteiger partial charge < -0.3 is 25.2 Å². The average Bonchev–Trinajstić information content (AvgIpc) is 3.18. The third-order valence-electron chi connectivity index (χ3n) is 6.09. The summed E-state index contributed by atoms with van der Waals surface area (Å²) in [4.78, 5) is 47.6. The number of carbonyl (C=O) groups is 4. The minimum Gasteiger partial charge on any atom is -0.480 e. The maximum atomic E-state index is 12.5. The number of nitrogens with one attached hydrogen (secondary N) is 2. The number of alkyl carbamates (subject to hydrolysis) is 1. The van der Waals surface area contributed by atoms with Crippen molar-refractivity contribution in [3.8, 4) is 11.1 Å². The number of carbonyl (C=O) groups excluding carboxylic acids is 3. The van der Waals surface area contributed by atoms with E-state index in [9.17, 15) is 24.3 Å². The van der Waals surface area contributed by atoms with E-state index < -0.39 is 36.0 Å². The summed E-state index contributed by atoms with van der Waals surface area (Å²) in [6, 6.07) is 14.3. The van der Waals surface area contributed by atoms with Gasteiger partial charge in [-0.2, -0.15) is 0 Å². The number of carboxylic acid groups (broad SMARTS) is 1. The molecule has 35 heavy (non-hydrogen) atoms. The molecule has 9 nitrogen and oxygen atoms in total. The third-order valence-corrected chi connectivity index (χ3v) is 6.09. The first-order chi connectivity index (χ1) is 16.8. The molecule has 0 aliphatic heterocycles. The maximum absolute atomic E-state index is 12.5. The fraction of sp³-hybridized carbons (Fsp3) is 0.385. The number of hydrogen-bond donors (Lipinski definition) is 3. The Bertz CT molecular complexity index is 1040. The van der Waals surface area contributed by atoms with Crippen molar-refractivity contribution < 1.29 is 33.8 Å². The third kappa shape index (κ3) is 6.59. The van der Waals surface area contributed by atoms with Gasteiger partial charge >= 0.3 is 18.0 Å². The second kappa shape index (κ2) is 12.0. The molecule has 9 heteroatoms. The Balaban J connectivity index is 1.53. The molecule has 1 aliphatic rings. The zero-order valence-electron chi connectivity index (χ0n) is 19.8. The van der Waals surface area contributed by atoms with Crippen molar-refractivity contribution >= 4 is 23.9 Å². The number of esters is 1. The summed E-state index contributed by atoms with van der Waals surface area (Å²) >= 11 is 0. The number of aliphatic carboxylic acids is 1. The molecule has 0 heterocycles. The van der Waals surface area contributed by atoms with Crippen LogP contribution in [0, 0.1) is 0 Å². The molecule has 0 saturated carbocycles. The molecule has 2 aromatic carbocycles. The van der Waals surface area contributed by atoms with E-state index in [-0.39, 0.29) is 31.8 Å². The Hall–Kier alpha value is -3.88. The summed E-state index contributed by atoms with van der Waals surface area (Å²) in [6.45, 7) is 1.95. The van der Waals surface area contributed by atoms with E-state index in [1.165, 1.54) is 7.11 Å². The Morgan fingerprint density at radius 1 is 0.971 bits per heavy atom. The van der Waals surface area contributed by atoms with Crippen LogP contribution in [0.3, 0.4) is 0 Å². The normalized spacial score (nSPS) is 13.7. The predicted octanol–water partition coefficient (Wildman–Crippen LogP) is 3.22. The number of fused-ring (bicyclic) bond motifs is 3. The summed E-state index contributed by atoms with van der Waals surface area (Å²) in [6.07, 6.45) is -0.556. The highest BCUT2D eigenvalue weighted by atomic mass is 16.5. The molecule has 1 unspecified atom stereocenters. The van der Waals surface area contributed by atoms with Gasteiger partial charge in [0, 0.05) is 24.8 Å². The van der Waals surface area contributed by atoms with Crippen LogP contribution in [-0.4, -0.2) is 54.8 Å². The lowest BCUT2D eigenvalue weighted by molar-refractivity contribution is -0.144. The molecule has 2 aromatic rings. The van der Waals surface area contributed by atoms with Crippen LogP contribution in [0.1, 0.15) is 49.7 Å². The van der Waals surface area contributed by atoms with Gasteiger partial charge in [-0.05, 0) is 35.1 Å². The Kier molecular flexibility index (Phi) is 8.83. The van der Waals surface area contributed by atoms with E-state index in [2.05, 4.69) is 27.5 Å². The molecule has 3 rings (SSSR count). The zero-order valence-corrected chi connectivity index (χ0v) is 19.8. The fourth-order valence-corrected chi connectivity index (χ4v) is 4.20. The van der Waals surface area contributed by atoms with Gasteiger partial charge in [0.1, 0.15) is 12.6 Å². The lowest BCUT2D eigenvalue weighted by Crippen LogP contribution is -2.45. The topological polar surface area (TPSA) is 131 Å². The van der Waals surface area contributed by atoms with Gasteiger partial charge in [0.05, 0.1) is 7.11 Å². The van der Waals surface area contributed by atoms with Crippen LogP contribution in [0.2, 0.25) is 0 Å². The van der Waals surface area contributed by atoms with E-state index in [1.807, 2.05) is 36.4 Å². The van der Waals surface area contributed by atoms with Crippen LogP contribution in [-0.2, 0) is 23.9 Å². The smallest absolute Gasteiger partial charge is 0.407 e. The molecule has 0 bridgehead atoms. The number of rotatable bonds is 11. The fourth-order valence-electron chi connectivity index (χ4n) is 4.20. The van der Waals surface area contributed by atoms with Gasteiger partial charge in [0.25, 0.3) is 0 Å². The maximum Gasteiger partial charge on any atom is 0.407 e. The van der Waals surface area contributed by atoms with Crippen LogP contribution < -0.4 is 10.6 Å². The largest absolute Gasteiger partial charge is 0.480 e. The molecule has 0 spiro atoms. The lowest BCUT2D eigenvalue weighted by Gasteiger charge is -2.20. The van der Waals surface area contributed by atoms with E-state index in [0.29, 0.717) is 6.42 Å². The Labute approximate surface area is 203 Å². The molecule has 0 aromatic heterocycles. The minimum atomic E-state index is -1.25. The molecule has 0 radical (unpaired) electrons. The van der Waals surface area contributed by atoms with Crippen molar-refractivity contribution in [3.05, 3.63) is 59.7 Å². The van der Waals surface area contributed by atoms with Gasteiger partial charge in [-0.25, -0.2) is 9.59 Å². The summed E-state index contributed by atoms with van der Waals surface area (Å²) in [5, 5.41) is 14.4. The van der Waals surface area contributed by atoms with Crippen molar-refractivity contribution in [1.82, 2.24) is 10.6 Å². The minimum absolute atomic E-state index is 0.0809. The van der Waals surface area contributed by atoms with E-state index in [1.54, 1.807) is 6.92 Å². The summed E-state index contributed by atoms with van der Waals surface area (Å²) in [5.74, 6) is -2.44. The zero-order chi connectivity index (χ0) is 25.4.